The molecule has 2 aromatic heterocycles. The summed E-state index contributed by atoms with van der Waals surface area (Å²) in [4.78, 5) is 15.2. The molecule has 1 aromatic carbocycles. The van der Waals surface area contributed by atoms with E-state index in [2.05, 4.69) is 51.2 Å². The highest BCUT2D eigenvalue weighted by atomic mass is 16.5. The number of rotatable bonds is 6. The molecule has 0 unspecified atom stereocenters. The molecule has 0 aliphatic heterocycles. The smallest absolute Gasteiger partial charge is 0.245 e. The number of imidazole rings is 1. The zero-order valence-electron chi connectivity index (χ0n) is 13.2. The van der Waals surface area contributed by atoms with Crippen LogP contribution in [0.5, 0.6) is 5.88 Å². The van der Waals surface area contributed by atoms with Crippen LogP contribution in [-0.4, -0.2) is 26.0 Å². The Kier molecular flexibility index (Phi) is 4.38. The zero-order valence-corrected chi connectivity index (χ0v) is 13.2. The summed E-state index contributed by atoms with van der Waals surface area (Å²) in [5.74, 6) is 0.560. The van der Waals surface area contributed by atoms with Gasteiger partial charge in [-0.3, -0.25) is 0 Å². The van der Waals surface area contributed by atoms with E-state index in [1.807, 2.05) is 12.1 Å². The third-order valence-corrected chi connectivity index (χ3v) is 3.38. The minimum Gasteiger partial charge on any atom is -0.471 e. The quantitative estimate of drug-likeness (QED) is 0.643. The second kappa shape index (κ2) is 6.62. The lowest BCUT2D eigenvalue weighted by Gasteiger charge is -2.09. The monoisotopic (exact) mass is 312 g/mol. The van der Waals surface area contributed by atoms with Gasteiger partial charge in [0.2, 0.25) is 11.8 Å². The summed E-state index contributed by atoms with van der Waals surface area (Å²) < 4.78 is 5.76. The van der Waals surface area contributed by atoms with Gasteiger partial charge in [0.15, 0.2) is 5.65 Å². The van der Waals surface area contributed by atoms with Gasteiger partial charge in [-0.15, -0.1) is 0 Å². The first-order valence-corrected chi connectivity index (χ1v) is 7.52. The number of nitrogen functional groups attached to an aromatic ring is 1. The zero-order chi connectivity index (χ0) is 16.2. The number of anilines is 1. The van der Waals surface area contributed by atoms with Gasteiger partial charge in [-0.2, -0.15) is 9.97 Å². The topological polar surface area (TPSA) is 102 Å². The molecule has 4 N–H and O–H groups in total. The lowest BCUT2D eigenvalue weighted by molar-refractivity contribution is 0.297. The van der Waals surface area contributed by atoms with Crippen LogP contribution in [0.1, 0.15) is 25.0 Å². The van der Waals surface area contributed by atoms with Crippen molar-refractivity contribution < 1.29 is 4.74 Å². The number of ether oxygens (including phenoxy) is 1. The van der Waals surface area contributed by atoms with Crippen molar-refractivity contribution in [2.75, 3.05) is 5.73 Å². The van der Waals surface area contributed by atoms with Crippen molar-refractivity contribution in [2.45, 2.75) is 33.0 Å². The first-order valence-electron chi connectivity index (χ1n) is 7.52. The maximum absolute atomic E-state index is 5.76. The Bertz CT molecular complexity index is 781. The third-order valence-electron chi connectivity index (χ3n) is 3.38. The molecule has 0 fully saturated rings. The number of hydrogen-bond acceptors (Lipinski definition) is 6. The van der Waals surface area contributed by atoms with E-state index in [1.165, 1.54) is 5.56 Å². The molecule has 7 nitrogen and oxygen atoms in total. The molecule has 120 valence electrons. The maximum atomic E-state index is 5.76. The van der Waals surface area contributed by atoms with Crippen molar-refractivity contribution in [3.05, 3.63) is 41.7 Å². The van der Waals surface area contributed by atoms with Crippen molar-refractivity contribution in [2.24, 2.45) is 0 Å². The second-order valence-electron chi connectivity index (χ2n) is 5.63. The molecule has 0 spiro atoms. The number of nitrogens with one attached hydrogen (secondary N) is 2. The molecule has 0 aliphatic carbocycles. The minimum atomic E-state index is 0.148. The van der Waals surface area contributed by atoms with Crippen LogP contribution < -0.4 is 15.8 Å². The predicted molar refractivity (Wildman–Crippen MR) is 88.8 cm³/mol. The highest BCUT2D eigenvalue weighted by Crippen LogP contribution is 2.20. The second-order valence-corrected chi connectivity index (χ2v) is 5.63. The molecular formula is C16H20N6O. The van der Waals surface area contributed by atoms with Gasteiger partial charge in [0.05, 0.1) is 6.33 Å². The molecule has 0 radical (unpaired) electrons. The lowest BCUT2D eigenvalue weighted by Crippen LogP contribution is -2.21. The molecule has 0 atom stereocenters. The van der Waals surface area contributed by atoms with Gasteiger partial charge in [-0.05, 0) is 11.1 Å². The molecule has 0 saturated carbocycles. The first-order chi connectivity index (χ1) is 11.1. The number of hydrogen-bond donors (Lipinski definition) is 3. The number of H-pyrrole nitrogens is 1. The summed E-state index contributed by atoms with van der Waals surface area (Å²) in [5.41, 5.74) is 9.12. The van der Waals surface area contributed by atoms with Gasteiger partial charge in [-0.1, -0.05) is 38.1 Å². The van der Waals surface area contributed by atoms with Crippen LogP contribution in [0.4, 0.5) is 5.95 Å². The van der Waals surface area contributed by atoms with Crippen LogP contribution in [0.3, 0.4) is 0 Å². The Morgan fingerprint density at radius 3 is 2.65 bits per heavy atom. The Morgan fingerprint density at radius 2 is 1.91 bits per heavy atom. The number of nitrogens with zero attached hydrogens (tertiary/aromatic N) is 3. The van der Waals surface area contributed by atoms with Crippen LogP contribution in [0.15, 0.2) is 30.6 Å². The average molecular weight is 312 g/mol. The van der Waals surface area contributed by atoms with Gasteiger partial charge in [0, 0.05) is 12.6 Å². The number of fused-ring (bicyclic) bond motifs is 1. The summed E-state index contributed by atoms with van der Waals surface area (Å²) in [7, 11) is 0. The van der Waals surface area contributed by atoms with E-state index in [1.54, 1.807) is 6.33 Å². The van der Waals surface area contributed by atoms with Gasteiger partial charge >= 0.3 is 0 Å². The lowest BCUT2D eigenvalue weighted by atomic mass is 10.1. The molecule has 0 bridgehead atoms. The Hall–Kier alpha value is -2.67. The summed E-state index contributed by atoms with van der Waals surface area (Å²) in [6.45, 7) is 5.52. The maximum Gasteiger partial charge on any atom is 0.245 e. The van der Waals surface area contributed by atoms with Crippen molar-refractivity contribution in [1.82, 2.24) is 25.3 Å². The molecule has 23 heavy (non-hydrogen) atoms. The number of aromatic nitrogens is 4. The summed E-state index contributed by atoms with van der Waals surface area (Å²) >= 11 is 0. The standard InChI is InChI=1S/C16H20N6O/c1-10(2)18-7-11-3-5-12(6-4-11)8-23-15-13-14(20-9-19-13)21-16(17)22-15/h3-6,9-10,18H,7-8H2,1-2H3,(H3,17,19,20,21,22). The van der Waals surface area contributed by atoms with Crippen molar-refractivity contribution >= 4 is 17.1 Å². The third kappa shape index (κ3) is 3.75. The van der Waals surface area contributed by atoms with Crippen LogP contribution in [0.25, 0.3) is 11.2 Å². The van der Waals surface area contributed by atoms with E-state index in [-0.39, 0.29) is 5.95 Å². The van der Waals surface area contributed by atoms with Crippen molar-refractivity contribution in [3.8, 4) is 5.88 Å². The number of aromatic amines is 1. The van der Waals surface area contributed by atoms with E-state index in [9.17, 15) is 0 Å². The Morgan fingerprint density at radius 1 is 1.17 bits per heavy atom. The normalized spacial score (nSPS) is 11.3. The van der Waals surface area contributed by atoms with Gasteiger partial charge in [0.1, 0.15) is 12.1 Å². The summed E-state index contributed by atoms with van der Waals surface area (Å²) in [6.07, 6.45) is 1.54. The Labute approximate surface area is 134 Å². The van der Waals surface area contributed by atoms with Crippen molar-refractivity contribution in [1.29, 1.82) is 0 Å². The van der Waals surface area contributed by atoms with E-state index in [0.717, 1.165) is 12.1 Å². The van der Waals surface area contributed by atoms with Crippen molar-refractivity contribution in [3.63, 3.8) is 0 Å². The fourth-order valence-electron chi connectivity index (χ4n) is 2.15. The van der Waals surface area contributed by atoms with E-state index in [0.29, 0.717) is 29.7 Å². The summed E-state index contributed by atoms with van der Waals surface area (Å²) in [6, 6.07) is 8.75. The van der Waals surface area contributed by atoms with Crippen LogP contribution in [0, 0.1) is 0 Å². The van der Waals surface area contributed by atoms with Crippen LogP contribution in [-0.2, 0) is 13.2 Å². The summed E-state index contributed by atoms with van der Waals surface area (Å²) in [5, 5.41) is 3.39. The van der Waals surface area contributed by atoms with E-state index >= 15 is 0 Å². The molecule has 0 amide bonds. The first kappa shape index (κ1) is 15.2. The molecule has 0 saturated heterocycles. The molecule has 2 heterocycles. The highest BCUT2D eigenvalue weighted by Gasteiger charge is 2.09. The fourth-order valence-corrected chi connectivity index (χ4v) is 2.15. The molecule has 3 rings (SSSR count). The predicted octanol–water partition coefficient (Wildman–Crippen LogP) is 2.01. The van der Waals surface area contributed by atoms with E-state index in [4.69, 9.17) is 10.5 Å². The molecule has 7 heteroatoms. The number of benzene rings is 1. The Balaban J connectivity index is 1.66. The van der Waals surface area contributed by atoms with Crippen LogP contribution >= 0.6 is 0 Å². The molecule has 0 aliphatic rings. The van der Waals surface area contributed by atoms with Gasteiger partial charge < -0.3 is 20.8 Å². The van der Waals surface area contributed by atoms with Gasteiger partial charge in [0.25, 0.3) is 0 Å². The minimum absolute atomic E-state index is 0.148. The van der Waals surface area contributed by atoms with E-state index < -0.39 is 0 Å². The largest absolute Gasteiger partial charge is 0.471 e. The number of nitrogens with two attached hydrogens (primary N) is 1. The molecule has 3 aromatic rings. The highest BCUT2D eigenvalue weighted by molar-refractivity contribution is 5.76. The van der Waals surface area contributed by atoms with Gasteiger partial charge in [-0.25, -0.2) is 4.98 Å². The fraction of sp³-hybridized carbons (Fsp3) is 0.312. The molecular weight excluding hydrogens is 292 g/mol. The SMILES string of the molecule is CC(C)NCc1ccc(COc2nc(N)nc3nc[nH]c23)cc1. The average Bonchev–Trinajstić information content (AvgIpc) is 2.99. The van der Waals surface area contributed by atoms with Crippen LogP contribution in [0.2, 0.25) is 0 Å².